The van der Waals surface area contributed by atoms with Crippen molar-refractivity contribution in [1.29, 1.82) is 0 Å². The first-order valence-electron chi connectivity index (χ1n) is 4.34. The van der Waals surface area contributed by atoms with Gasteiger partial charge in [-0.2, -0.15) is 16.8 Å². The number of rotatable bonds is 0. The zero-order chi connectivity index (χ0) is 9.69. The van der Waals surface area contributed by atoms with E-state index in [-0.39, 0.29) is 5.92 Å². The summed E-state index contributed by atoms with van der Waals surface area (Å²) < 4.78 is 31.3. The summed E-state index contributed by atoms with van der Waals surface area (Å²) in [5.74, 6) is -0.911. The van der Waals surface area contributed by atoms with Gasteiger partial charge in [0.2, 0.25) is 0 Å². The highest BCUT2D eigenvalue weighted by Gasteiger charge is 2.59. The fraction of sp³-hybridized carbons (Fsp3) is 1.00. The van der Waals surface area contributed by atoms with Crippen molar-refractivity contribution in [1.82, 2.24) is 4.90 Å². The Morgan fingerprint density at radius 3 is 2.54 bits per heavy atom. The van der Waals surface area contributed by atoms with Gasteiger partial charge in [0, 0.05) is 12.5 Å². The van der Waals surface area contributed by atoms with Crippen molar-refractivity contribution in [3.05, 3.63) is 0 Å². The van der Waals surface area contributed by atoms with Gasteiger partial charge < -0.3 is 0 Å². The average molecular weight is 207 g/mol. The predicted octanol–water partition coefficient (Wildman–Crippen LogP) is 0.294. The van der Waals surface area contributed by atoms with Crippen molar-refractivity contribution in [2.45, 2.75) is 25.7 Å². The Kier molecular flexibility index (Phi) is 1.92. The molecule has 2 heterocycles. The first-order chi connectivity index (χ1) is 5.96. The average Bonchev–Trinajstić information content (AvgIpc) is 1.96. The van der Waals surface area contributed by atoms with Gasteiger partial charge in [0.1, 0.15) is 0 Å². The normalized spacial score (nSPS) is 37.2. The predicted molar refractivity (Wildman–Crippen MR) is 44.8 cm³/mol. The molecule has 13 heavy (non-hydrogen) atoms. The number of piperidine rings is 1. The third kappa shape index (κ3) is 1.28. The van der Waals surface area contributed by atoms with E-state index in [0.29, 0.717) is 0 Å². The third-order valence-corrected chi connectivity index (χ3v) is 3.61. The molecule has 2 rings (SSSR count). The minimum Gasteiger partial charge on any atom is -0.253 e. The third-order valence-electron chi connectivity index (χ3n) is 2.73. The molecule has 5 nitrogen and oxygen atoms in total. The van der Waals surface area contributed by atoms with Gasteiger partial charge >= 0.3 is 10.4 Å². The molecule has 0 aromatic carbocycles. The molecule has 0 aromatic heterocycles. The van der Waals surface area contributed by atoms with Crippen LogP contribution in [0.25, 0.3) is 0 Å². The van der Waals surface area contributed by atoms with E-state index in [4.69, 9.17) is 8.37 Å². The van der Waals surface area contributed by atoms with E-state index < -0.39 is 16.3 Å². The molecule has 1 unspecified atom stereocenters. The Morgan fingerprint density at radius 2 is 2.08 bits per heavy atom. The quantitative estimate of drug-likeness (QED) is 0.571. The molecule has 0 bridgehead atoms. The SMILES string of the molecule is CC1CCCN(C)C12OS(=O)(=O)O2. The zero-order valence-corrected chi connectivity index (χ0v) is 8.50. The highest BCUT2D eigenvalue weighted by molar-refractivity contribution is 7.82. The van der Waals surface area contributed by atoms with Crippen molar-refractivity contribution < 1.29 is 16.8 Å². The van der Waals surface area contributed by atoms with Crippen molar-refractivity contribution >= 4 is 10.4 Å². The van der Waals surface area contributed by atoms with Crippen LogP contribution in [0.2, 0.25) is 0 Å². The van der Waals surface area contributed by atoms with Crippen molar-refractivity contribution in [2.24, 2.45) is 5.92 Å². The van der Waals surface area contributed by atoms with Gasteiger partial charge in [-0.25, -0.2) is 0 Å². The van der Waals surface area contributed by atoms with Crippen molar-refractivity contribution in [2.75, 3.05) is 13.6 Å². The second kappa shape index (κ2) is 2.66. The molecule has 76 valence electrons. The molecule has 6 heteroatoms. The van der Waals surface area contributed by atoms with E-state index in [1.165, 1.54) is 0 Å². The monoisotopic (exact) mass is 207 g/mol. The number of hydrogen-bond acceptors (Lipinski definition) is 5. The molecule has 2 fully saturated rings. The van der Waals surface area contributed by atoms with E-state index in [1.54, 1.807) is 0 Å². The van der Waals surface area contributed by atoms with Gasteiger partial charge in [-0.05, 0) is 19.9 Å². The van der Waals surface area contributed by atoms with Gasteiger partial charge in [-0.15, -0.1) is 0 Å². The van der Waals surface area contributed by atoms with Crippen molar-refractivity contribution in [3.63, 3.8) is 0 Å². The van der Waals surface area contributed by atoms with Crippen LogP contribution in [0.1, 0.15) is 19.8 Å². The minimum absolute atomic E-state index is 0.0924. The summed E-state index contributed by atoms with van der Waals surface area (Å²) in [5, 5.41) is 0. The van der Waals surface area contributed by atoms with Crippen LogP contribution in [0, 0.1) is 5.92 Å². The molecule has 0 aliphatic carbocycles. The summed E-state index contributed by atoms with van der Waals surface area (Å²) in [6, 6.07) is 0. The first kappa shape index (κ1) is 9.39. The lowest BCUT2D eigenvalue weighted by Crippen LogP contribution is -2.66. The highest BCUT2D eigenvalue weighted by atomic mass is 32.3. The van der Waals surface area contributed by atoms with Gasteiger partial charge in [0.05, 0.1) is 0 Å². The van der Waals surface area contributed by atoms with Gasteiger partial charge in [0.25, 0.3) is 5.91 Å². The van der Waals surface area contributed by atoms with Crippen LogP contribution in [0.3, 0.4) is 0 Å². The van der Waals surface area contributed by atoms with Crippen LogP contribution in [0.5, 0.6) is 0 Å². The maximum absolute atomic E-state index is 10.8. The van der Waals surface area contributed by atoms with E-state index >= 15 is 0 Å². The Balaban J connectivity index is 2.21. The summed E-state index contributed by atoms with van der Waals surface area (Å²) in [4.78, 5) is 1.81. The Morgan fingerprint density at radius 1 is 1.46 bits per heavy atom. The number of nitrogens with zero attached hydrogens (tertiary/aromatic N) is 1. The van der Waals surface area contributed by atoms with E-state index in [2.05, 4.69) is 0 Å². The smallest absolute Gasteiger partial charge is 0.253 e. The molecule has 0 amide bonds. The fourth-order valence-electron chi connectivity index (χ4n) is 1.94. The molecule has 0 saturated carbocycles. The zero-order valence-electron chi connectivity index (χ0n) is 7.69. The largest absolute Gasteiger partial charge is 0.407 e. The minimum atomic E-state index is -3.70. The Labute approximate surface area is 77.9 Å². The van der Waals surface area contributed by atoms with Gasteiger partial charge in [-0.1, -0.05) is 6.92 Å². The molecule has 1 atom stereocenters. The maximum atomic E-state index is 10.8. The summed E-state index contributed by atoms with van der Waals surface area (Å²) in [6.07, 6.45) is 1.98. The Bertz CT molecular complexity index is 288. The second-order valence-corrected chi connectivity index (χ2v) is 4.82. The fourth-order valence-corrected chi connectivity index (χ4v) is 3.12. The summed E-state index contributed by atoms with van der Waals surface area (Å²) in [6.45, 7) is 2.74. The van der Waals surface area contributed by atoms with Crippen LogP contribution >= 0.6 is 0 Å². The summed E-state index contributed by atoms with van der Waals surface area (Å²) >= 11 is 0. The maximum Gasteiger partial charge on any atom is 0.407 e. The lowest BCUT2D eigenvalue weighted by molar-refractivity contribution is -0.313. The molecule has 1 spiro atoms. The topological polar surface area (TPSA) is 55.8 Å². The Hall–Kier alpha value is -0.170. The second-order valence-electron chi connectivity index (χ2n) is 3.67. The molecule has 2 aliphatic heterocycles. The summed E-state index contributed by atoms with van der Waals surface area (Å²) in [5.41, 5.74) is 0. The molecule has 0 aromatic rings. The molecule has 2 aliphatic rings. The van der Waals surface area contributed by atoms with Gasteiger partial charge in [-0.3, -0.25) is 4.90 Å². The molecular weight excluding hydrogens is 194 g/mol. The molecule has 2 saturated heterocycles. The van der Waals surface area contributed by atoms with Crippen LogP contribution in [0.4, 0.5) is 0 Å². The van der Waals surface area contributed by atoms with E-state index in [0.717, 1.165) is 19.4 Å². The highest BCUT2D eigenvalue weighted by Crippen LogP contribution is 2.43. The molecular formula is C7H13NO4S. The van der Waals surface area contributed by atoms with E-state index in [9.17, 15) is 8.42 Å². The first-order valence-corrected chi connectivity index (χ1v) is 5.67. The molecule has 0 N–H and O–H groups in total. The molecule has 0 radical (unpaired) electrons. The van der Waals surface area contributed by atoms with Crippen LogP contribution in [-0.4, -0.2) is 32.8 Å². The summed E-state index contributed by atoms with van der Waals surface area (Å²) in [7, 11) is -1.89. The van der Waals surface area contributed by atoms with Crippen LogP contribution < -0.4 is 0 Å². The van der Waals surface area contributed by atoms with E-state index in [1.807, 2.05) is 18.9 Å². The lowest BCUT2D eigenvalue weighted by Gasteiger charge is -2.50. The lowest BCUT2D eigenvalue weighted by atomic mass is 9.96. The van der Waals surface area contributed by atoms with Gasteiger partial charge in [0.15, 0.2) is 0 Å². The standard InChI is InChI=1S/C7H13NO4S/c1-6-4-3-5-8(2)7(6)11-13(9,10)12-7/h6H,3-5H2,1-2H3. The number of hydrogen-bond donors (Lipinski definition) is 0. The van der Waals surface area contributed by atoms with Crippen LogP contribution in [-0.2, 0) is 18.8 Å². The van der Waals surface area contributed by atoms with Crippen LogP contribution in [0.15, 0.2) is 0 Å². The van der Waals surface area contributed by atoms with Crippen molar-refractivity contribution in [3.8, 4) is 0 Å². The number of likely N-dealkylation sites (tertiary alicyclic amines) is 1.